The minimum absolute atomic E-state index is 0.0137. The Hall–Kier alpha value is -1.17. The second-order valence-corrected chi connectivity index (χ2v) is 2.81. The summed E-state index contributed by atoms with van der Waals surface area (Å²) in [5.41, 5.74) is -0.343. The molecule has 1 aromatic rings. The van der Waals surface area contributed by atoms with E-state index < -0.39 is 19.4 Å². The molecule has 14 heavy (non-hydrogen) atoms. The molecule has 1 aromatic carbocycles. The molecule has 1 N–H and O–H groups in total. The van der Waals surface area contributed by atoms with E-state index in [1.54, 1.807) is 0 Å². The summed E-state index contributed by atoms with van der Waals surface area (Å²) in [6.07, 6.45) is -4.39. The van der Waals surface area contributed by atoms with Crippen molar-refractivity contribution < 1.29 is 22.8 Å². The molecule has 0 amide bonds. The van der Waals surface area contributed by atoms with Crippen molar-refractivity contribution in [2.24, 2.45) is 0 Å². The molecule has 0 saturated carbocycles. The van der Waals surface area contributed by atoms with Crippen molar-refractivity contribution in [2.75, 3.05) is 0 Å². The van der Waals surface area contributed by atoms with Crippen molar-refractivity contribution >= 4 is 7.69 Å². The third-order valence-electron chi connectivity index (χ3n) is 1.61. The zero-order chi connectivity index (χ0) is 10.8. The average molecular weight is 204 g/mol. The number of halogens is 3. The molecule has 0 heterocycles. The topological polar surface area (TPSA) is 29.5 Å². The van der Waals surface area contributed by atoms with Crippen LogP contribution in [0.4, 0.5) is 13.2 Å². The van der Waals surface area contributed by atoms with Crippen molar-refractivity contribution in [3.8, 4) is 5.75 Å². The molecular formula is C8H8BF3O2. The molecule has 0 aliphatic rings. The summed E-state index contributed by atoms with van der Waals surface area (Å²) < 4.78 is 41.4. The Morgan fingerprint density at radius 3 is 2.43 bits per heavy atom. The van der Waals surface area contributed by atoms with Crippen LogP contribution in [0.15, 0.2) is 18.2 Å². The van der Waals surface area contributed by atoms with E-state index in [-0.39, 0.29) is 5.75 Å². The predicted molar refractivity (Wildman–Crippen MR) is 46.2 cm³/mol. The molecule has 0 atom stereocenters. The van der Waals surface area contributed by atoms with E-state index in [1.807, 2.05) is 0 Å². The van der Waals surface area contributed by atoms with Crippen LogP contribution in [0.1, 0.15) is 11.1 Å². The van der Waals surface area contributed by atoms with Crippen molar-refractivity contribution in [1.82, 2.24) is 0 Å². The van der Waals surface area contributed by atoms with Gasteiger partial charge in [0.25, 0.3) is 0 Å². The van der Waals surface area contributed by atoms with E-state index in [1.165, 1.54) is 13.0 Å². The van der Waals surface area contributed by atoms with Crippen molar-refractivity contribution in [2.45, 2.75) is 13.1 Å². The quantitative estimate of drug-likeness (QED) is 0.742. The minimum atomic E-state index is -4.39. The highest BCUT2D eigenvalue weighted by Crippen LogP contribution is 2.32. The van der Waals surface area contributed by atoms with Crippen molar-refractivity contribution in [3.05, 3.63) is 29.3 Å². The first kappa shape index (κ1) is 10.9. The standard InChI is InChI=1S/C8H8BF3O2/c1-5-2-6(8(10,11)12)4-7(3-5)14-9-13/h2-4,9,13H,1H3. The van der Waals surface area contributed by atoms with E-state index in [0.29, 0.717) is 5.56 Å². The summed E-state index contributed by atoms with van der Waals surface area (Å²) in [6, 6.07) is 3.29. The minimum Gasteiger partial charge on any atom is -0.539 e. The molecule has 0 radical (unpaired) electrons. The first-order valence-electron chi connectivity index (χ1n) is 3.86. The predicted octanol–water partition coefficient (Wildman–Crippen LogP) is 1.65. The van der Waals surface area contributed by atoms with Crippen LogP contribution in [-0.2, 0) is 6.18 Å². The lowest BCUT2D eigenvalue weighted by Gasteiger charge is -2.10. The number of benzene rings is 1. The summed E-state index contributed by atoms with van der Waals surface area (Å²) >= 11 is 0. The lowest BCUT2D eigenvalue weighted by Crippen LogP contribution is -2.07. The van der Waals surface area contributed by atoms with Crippen molar-refractivity contribution in [3.63, 3.8) is 0 Å². The fourth-order valence-corrected chi connectivity index (χ4v) is 1.07. The molecule has 0 bridgehead atoms. The van der Waals surface area contributed by atoms with Crippen LogP contribution in [0, 0.1) is 6.92 Å². The molecular weight excluding hydrogens is 196 g/mol. The number of alkyl halides is 3. The van der Waals surface area contributed by atoms with Gasteiger partial charge in [0.2, 0.25) is 0 Å². The van der Waals surface area contributed by atoms with Gasteiger partial charge in [-0.25, -0.2) is 0 Å². The van der Waals surface area contributed by atoms with Gasteiger partial charge in [-0.2, -0.15) is 13.2 Å². The molecule has 2 nitrogen and oxygen atoms in total. The fraction of sp³-hybridized carbons (Fsp3) is 0.250. The molecule has 6 heteroatoms. The van der Waals surface area contributed by atoms with Gasteiger partial charge in [-0.3, -0.25) is 0 Å². The second-order valence-electron chi connectivity index (χ2n) is 2.81. The van der Waals surface area contributed by atoms with Gasteiger partial charge in [-0.15, -0.1) is 0 Å². The summed E-state index contributed by atoms with van der Waals surface area (Å²) in [6.45, 7) is 1.53. The van der Waals surface area contributed by atoms with Gasteiger partial charge in [-0.1, -0.05) is 0 Å². The molecule has 0 spiro atoms. The Kier molecular flexibility index (Phi) is 3.05. The Bertz CT molecular complexity index is 325. The van der Waals surface area contributed by atoms with Gasteiger partial charge < -0.3 is 9.68 Å². The van der Waals surface area contributed by atoms with E-state index in [9.17, 15) is 13.2 Å². The smallest absolute Gasteiger partial charge is 0.504 e. The summed E-state index contributed by atoms with van der Waals surface area (Å²) in [5.74, 6) is 0.0137. The number of hydrogen-bond acceptors (Lipinski definition) is 2. The lowest BCUT2D eigenvalue weighted by atomic mass is 10.1. The van der Waals surface area contributed by atoms with Gasteiger partial charge in [0.05, 0.1) is 5.56 Å². The van der Waals surface area contributed by atoms with E-state index in [0.717, 1.165) is 12.1 Å². The SMILES string of the molecule is Cc1cc(OBO)cc(C(F)(F)F)c1. The molecule has 0 saturated heterocycles. The van der Waals surface area contributed by atoms with Gasteiger partial charge in [0.15, 0.2) is 0 Å². The van der Waals surface area contributed by atoms with Crippen LogP contribution in [0.3, 0.4) is 0 Å². The Balaban J connectivity index is 3.07. The van der Waals surface area contributed by atoms with E-state index >= 15 is 0 Å². The molecule has 0 aromatic heterocycles. The van der Waals surface area contributed by atoms with Crippen LogP contribution in [0.5, 0.6) is 5.75 Å². The number of rotatable bonds is 2. The Morgan fingerprint density at radius 1 is 1.29 bits per heavy atom. The van der Waals surface area contributed by atoms with Gasteiger partial charge in [0, 0.05) is 0 Å². The fourth-order valence-electron chi connectivity index (χ4n) is 1.07. The van der Waals surface area contributed by atoms with Gasteiger partial charge in [0.1, 0.15) is 5.75 Å². The van der Waals surface area contributed by atoms with E-state index in [4.69, 9.17) is 5.02 Å². The Labute approximate surface area is 79.6 Å². The highest BCUT2D eigenvalue weighted by Gasteiger charge is 2.31. The third-order valence-corrected chi connectivity index (χ3v) is 1.61. The number of aryl methyl sites for hydroxylation is 1. The maximum absolute atomic E-state index is 12.3. The van der Waals surface area contributed by atoms with E-state index in [2.05, 4.69) is 4.65 Å². The van der Waals surface area contributed by atoms with Crippen LogP contribution in [0.2, 0.25) is 0 Å². The number of hydrogen-bond donors (Lipinski definition) is 1. The molecule has 0 aliphatic carbocycles. The maximum Gasteiger partial charge on any atom is 0.504 e. The monoisotopic (exact) mass is 204 g/mol. The van der Waals surface area contributed by atoms with Crippen LogP contribution >= 0.6 is 0 Å². The highest BCUT2D eigenvalue weighted by molar-refractivity contribution is 6.17. The Morgan fingerprint density at radius 2 is 1.93 bits per heavy atom. The zero-order valence-corrected chi connectivity index (χ0v) is 7.43. The normalized spacial score (nSPS) is 11.2. The molecule has 1 rings (SSSR count). The van der Waals surface area contributed by atoms with Crippen molar-refractivity contribution in [1.29, 1.82) is 0 Å². The lowest BCUT2D eigenvalue weighted by molar-refractivity contribution is -0.137. The van der Waals surface area contributed by atoms with Crippen LogP contribution < -0.4 is 4.65 Å². The molecule has 0 aliphatic heterocycles. The largest absolute Gasteiger partial charge is 0.539 e. The molecule has 0 unspecified atom stereocenters. The first-order valence-corrected chi connectivity index (χ1v) is 3.86. The molecule has 0 fully saturated rings. The second kappa shape index (κ2) is 3.92. The highest BCUT2D eigenvalue weighted by atomic mass is 19.4. The third kappa shape index (κ3) is 2.66. The zero-order valence-electron chi connectivity index (χ0n) is 7.43. The maximum atomic E-state index is 12.3. The van der Waals surface area contributed by atoms with Crippen LogP contribution in [0.25, 0.3) is 0 Å². The molecule has 76 valence electrons. The van der Waals surface area contributed by atoms with Gasteiger partial charge >= 0.3 is 13.9 Å². The summed E-state index contributed by atoms with van der Waals surface area (Å²) in [5, 5.41) is 8.40. The first-order chi connectivity index (χ1) is 6.43. The summed E-state index contributed by atoms with van der Waals surface area (Å²) in [4.78, 5) is 0. The summed E-state index contributed by atoms with van der Waals surface area (Å²) in [7, 11) is -0.638. The van der Waals surface area contributed by atoms with Gasteiger partial charge in [-0.05, 0) is 30.7 Å². The average Bonchev–Trinajstić information content (AvgIpc) is 2.02. The van der Waals surface area contributed by atoms with Crippen LogP contribution in [-0.4, -0.2) is 12.7 Å².